The maximum Gasteiger partial charge on any atom is 0.300 e. The van der Waals surface area contributed by atoms with Gasteiger partial charge in [-0.2, -0.15) is 0 Å². The van der Waals surface area contributed by atoms with Crippen LogP contribution in [-0.2, 0) is 9.59 Å². The van der Waals surface area contributed by atoms with Crippen molar-refractivity contribution in [2.75, 3.05) is 4.90 Å². The van der Waals surface area contributed by atoms with Gasteiger partial charge in [-0.05, 0) is 55.8 Å². The minimum Gasteiger partial charge on any atom is -0.507 e. The van der Waals surface area contributed by atoms with Gasteiger partial charge in [0.2, 0.25) is 0 Å². The Morgan fingerprint density at radius 1 is 1.03 bits per heavy atom. The van der Waals surface area contributed by atoms with E-state index in [9.17, 15) is 19.8 Å². The summed E-state index contributed by atoms with van der Waals surface area (Å²) >= 11 is 3.34. The van der Waals surface area contributed by atoms with Crippen molar-refractivity contribution in [1.82, 2.24) is 0 Å². The summed E-state index contributed by atoms with van der Waals surface area (Å²) in [6.45, 7) is 3.56. The Bertz CT molecular complexity index is 1190. The maximum absolute atomic E-state index is 13.0. The number of phenolic OH excluding ortho intramolecular Hbond substituents is 1. The molecule has 1 aromatic heterocycles. The Morgan fingerprint density at radius 2 is 1.73 bits per heavy atom. The van der Waals surface area contributed by atoms with E-state index in [1.54, 1.807) is 55.5 Å². The molecule has 6 nitrogen and oxygen atoms in total. The van der Waals surface area contributed by atoms with Gasteiger partial charge in [-0.1, -0.05) is 34.1 Å². The van der Waals surface area contributed by atoms with E-state index in [0.717, 1.165) is 10.0 Å². The zero-order chi connectivity index (χ0) is 21.6. The number of aliphatic hydroxyl groups excluding tert-OH is 1. The number of nitrogens with zero attached hydrogens (tertiary/aromatic N) is 1. The van der Waals surface area contributed by atoms with Gasteiger partial charge in [0.05, 0.1) is 11.3 Å². The molecule has 2 aromatic carbocycles. The van der Waals surface area contributed by atoms with Crippen LogP contribution < -0.4 is 4.90 Å². The number of hydrogen-bond acceptors (Lipinski definition) is 5. The first kappa shape index (κ1) is 20.0. The summed E-state index contributed by atoms with van der Waals surface area (Å²) in [5.41, 5.74) is 1.26. The standard InChI is InChI=1S/C23H18BrNO5/c1-12-3-9-17(26)16(11-12)25-20(18-10-4-13(2)30-18)19(22(28)23(25)29)21(27)14-5-7-15(24)8-6-14/h3-11,20,26-27H,1-2H3/b21-19-. The van der Waals surface area contributed by atoms with Crippen LogP contribution in [0.15, 0.2) is 69.1 Å². The lowest BCUT2D eigenvalue weighted by Crippen LogP contribution is -2.29. The summed E-state index contributed by atoms with van der Waals surface area (Å²) in [6.07, 6.45) is 0. The number of halogens is 1. The fraction of sp³-hybridized carbons (Fsp3) is 0.130. The zero-order valence-corrected chi connectivity index (χ0v) is 17.8. The third-order valence-electron chi connectivity index (χ3n) is 4.98. The predicted octanol–water partition coefficient (Wildman–Crippen LogP) is 4.99. The molecule has 0 spiro atoms. The van der Waals surface area contributed by atoms with Crippen molar-refractivity contribution >= 4 is 39.1 Å². The lowest BCUT2D eigenvalue weighted by atomic mass is 9.99. The molecule has 30 heavy (non-hydrogen) atoms. The molecule has 0 bridgehead atoms. The Labute approximate surface area is 181 Å². The molecule has 2 N–H and O–H groups in total. The van der Waals surface area contributed by atoms with Crippen molar-refractivity contribution in [2.24, 2.45) is 0 Å². The molecule has 152 valence electrons. The molecule has 7 heteroatoms. The summed E-state index contributed by atoms with van der Waals surface area (Å²) in [5, 5.41) is 21.4. The van der Waals surface area contributed by atoms with Gasteiger partial charge >= 0.3 is 0 Å². The Hall–Kier alpha value is -3.32. The van der Waals surface area contributed by atoms with Crippen molar-refractivity contribution in [1.29, 1.82) is 0 Å². The molecule has 1 unspecified atom stereocenters. The first-order valence-electron chi connectivity index (χ1n) is 9.21. The normalized spacial score (nSPS) is 18.2. The highest BCUT2D eigenvalue weighted by Gasteiger charge is 2.49. The van der Waals surface area contributed by atoms with E-state index >= 15 is 0 Å². The van der Waals surface area contributed by atoms with Gasteiger partial charge in [0.1, 0.15) is 29.1 Å². The second kappa shape index (κ2) is 7.50. The maximum atomic E-state index is 13.0. The zero-order valence-electron chi connectivity index (χ0n) is 16.2. The number of aryl methyl sites for hydroxylation is 2. The van der Waals surface area contributed by atoms with E-state index < -0.39 is 17.7 Å². The minimum atomic E-state index is -1.02. The van der Waals surface area contributed by atoms with Crippen LogP contribution >= 0.6 is 15.9 Å². The average Bonchev–Trinajstić information content (AvgIpc) is 3.25. The van der Waals surface area contributed by atoms with Crippen LogP contribution in [0.2, 0.25) is 0 Å². The van der Waals surface area contributed by atoms with Crippen LogP contribution in [0.1, 0.15) is 28.7 Å². The van der Waals surface area contributed by atoms with E-state index in [4.69, 9.17) is 4.42 Å². The number of Topliss-reactive ketones (excluding diaryl/α,β-unsaturated/α-hetero) is 1. The third kappa shape index (κ3) is 3.31. The van der Waals surface area contributed by atoms with Crippen LogP contribution in [0.25, 0.3) is 5.76 Å². The van der Waals surface area contributed by atoms with Crippen molar-refractivity contribution in [2.45, 2.75) is 19.9 Å². The van der Waals surface area contributed by atoms with Crippen LogP contribution in [0.3, 0.4) is 0 Å². The number of carbonyl (C=O) groups is 2. The number of aliphatic hydroxyl groups is 1. The molecule has 2 heterocycles. The number of anilines is 1. The van der Waals surface area contributed by atoms with E-state index in [-0.39, 0.29) is 22.8 Å². The summed E-state index contributed by atoms with van der Waals surface area (Å²) in [6, 6.07) is 13.9. The van der Waals surface area contributed by atoms with Gasteiger partial charge in [0.15, 0.2) is 0 Å². The molecule has 4 rings (SSSR count). The molecule has 1 fully saturated rings. The fourth-order valence-electron chi connectivity index (χ4n) is 3.54. The highest BCUT2D eigenvalue weighted by atomic mass is 79.9. The monoisotopic (exact) mass is 467 g/mol. The molecule has 0 radical (unpaired) electrons. The van der Waals surface area contributed by atoms with Gasteiger partial charge in [0.25, 0.3) is 11.7 Å². The molecule has 0 saturated carbocycles. The molecule has 0 aliphatic carbocycles. The Kier molecular flexibility index (Phi) is 4.99. The number of ketones is 1. The second-order valence-corrected chi connectivity index (χ2v) is 8.03. The number of aromatic hydroxyl groups is 1. The SMILES string of the molecule is Cc1ccc(O)c(N2C(=O)C(=O)/C(=C(\O)c3ccc(Br)cc3)C2c2ccc(C)o2)c1. The smallest absolute Gasteiger partial charge is 0.300 e. The van der Waals surface area contributed by atoms with Gasteiger partial charge in [-0.3, -0.25) is 14.5 Å². The molecule has 1 aliphatic rings. The van der Waals surface area contributed by atoms with Crippen molar-refractivity contribution in [3.8, 4) is 5.75 Å². The Balaban J connectivity index is 1.97. The highest BCUT2D eigenvalue weighted by Crippen LogP contribution is 2.45. The quantitative estimate of drug-likeness (QED) is 0.321. The van der Waals surface area contributed by atoms with E-state index in [2.05, 4.69) is 15.9 Å². The lowest BCUT2D eigenvalue weighted by molar-refractivity contribution is -0.132. The predicted molar refractivity (Wildman–Crippen MR) is 115 cm³/mol. The molecule has 1 aliphatic heterocycles. The van der Waals surface area contributed by atoms with E-state index in [1.807, 2.05) is 6.92 Å². The number of amides is 1. The molecule has 1 atom stereocenters. The van der Waals surface area contributed by atoms with Crippen molar-refractivity contribution in [3.63, 3.8) is 0 Å². The van der Waals surface area contributed by atoms with Gasteiger partial charge < -0.3 is 14.6 Å². The molecular weight excluding hydrogens is 450 g/mol. The van der Waals surface area contributed by atoms with Gasteiger partial charge in [0, 0.05) is 10.0 Å². The minimum absolute atomic E-state index is 0.0995. The van der Waals surface area contributed by atoms with Crippen LogP contribution in [0.4, 0.5) is 5.69 Å². The van der Waals surface area contributed by atoms with Gasteiger partial charge in [-0.15, -0.1) is 0 Å². The number of phenols is 1. The molecule has 1 saturated heterocycles. The first-order chi connectivity index (χ1) is 14.3. The fourth-order valence-corrected chi connectivity index (χ4v) is 3.80. The van der Waals surface area contributed by atoms with E-state index in [0.29, 0.717) is 17.1 Å². The van der Waals surface area contributed by atoms with Gasteiger partial charge in [-0.25, -0.2) is 0 Å². The molecule has 1 amide bonds. The van der Waals surface area contributed by atoms with Crippen LogP contribution in [0, 0.1) is 13.8 Å². The molecular formula is C23H18BrNO5. The number of hydrogen-bond donors (Lipinski definition) is 2. The number of benzene rings is 2. The largest absolute Gasteiger partial charge is 0.507 e. The van der Waals surface area contributed by atoms with Crippen LogP contribution in [-0.4, -0.2) is 21.9 Å². The first-order valence-corrected chi connectivity index (χ1v) is 10.00. The van der Waals surface area contributed by atoms with Crippen molar-refractivity contribution in [3.05, 3.63) is 87.3 Å². The summed E-state index contributed by atoms with van der Waals surface area (Å²) in [5.74, 6) is -1.27. The number of carbonyl (C=O) groups excluding carboxylic acids is 2. The van der Waals surface area contributed by atoms with Crippen molar-refractivity contribution < 1.29 is 24.2 Å². The topological polar surface area (TPSA) is 91.0 Å². The van der Waals surface area contributed by atoms with E-state index in [1.165, 1.54) is 11.0 Å². The second-order valence-electron chi connectivity index (χ2n) is 7.12. The average molecular weight is 468 g/mol. The lowest BCUT2D eigenvalue weighted by Gasteiger charge is -2.24. The number of rotatable bonds is 3. The summed E-state index contributed by atoms with van der Waals surface area (Å²) < 4.78 is 6.55. The summed E-state index contributed by atoms with van der Waals surface area (Å²) in [7, 11) is 0. The third-order valence-corrected chi connectivity index (χ3v) is 5.51. The van der Waals surface area contributed by atoms with Crippen LogP contribution in [0.5, 0.6) is 5.75 Å². The summed E-state index contributed by atoms with van der Waals surface area (Å²) in [4.78, 5) is 27.2. The Morgan fingerprint density at radius 3 is 2.37 bits per heavy atom. The highest BCUT2D eigenvalue weighted by molar-refractivity contribution is 9.10. The number of furan rings is 1. The molecule has 3 aromatic rings.